The van der Waals surface area contributed by atoms with E-state index in [9.17, 15) is 5.48 Å². The maximum Gasteiger partial charge on any atom is 0.167 e. The van der Waals surface area contributed by atoms with Gasteiger partial charge in [0.25, 0.3) is 0 Å². The first kappa shape index (κ1) is 23.2. The predicted molar refractivity (Wildman–Crippen MR) is 215 cm³/mol. The minimum absolute atomic E-state index is 0.0496. The van der Waals surface area contributed by atoms with Gasteiger partial charge in [-0.2, -0.15) is 0 Å². The van der Waals surface area contributed by atoms with Gasteiger partial charge in [0.15, 0.2) is 17.5 Å². The average Bonchev–Trinajstić information content (AvgIpc) is 3.95. The SMILES string of the molecule is [2H]c1c([2H])c([2H])c2c(sc3c([2H])c(-c4nc(-c5ccccc5)nc(-c5cccc6c5oc5ccccc56)n4)c([2H])c([2H])c32)c1-c1cccc2c1sc1ccccc12. The molecule has 0 saturated heterocycles. The van der Waals surface area contributed by atoms with Crippen LogP contribution in [0.3, 0.4) is 0 Å². The Morgan fingerprint density at radius 1 is 0.451 bits per heavy atom. The summed E-state index contributed by atoms with van der Waals surface area (Å²) in [7, 11) is 0. The third kappa shape index (κ3) is 4.47. The summed E-state index contributed by atoms with van der Waals surface area (Å²) in [6.07, 6.45) is 0. The van der Waals surface area contributed by atoms with Crippen LogP contribution in [-0.2, 0) is 0 Å². The predicted octanol–water partition coefficient (Wildman–Crippen LogP) is 13.2. The summed E-state index contributed by atoms with van der Waals surface area (Å²) in [6.45, 7) is 0. The van der Waals surface area contributed by atoms with Crippen LogP contribution in [0, 0.1) is 0 Å². The number of thiophene rings is 2. The lowest BCUT2D eigenvalue weighted by Crippen LogP contribution is -2.00. The van der Waals surface area contributed by atoms with Gasteiger partial charge < -0.3 is 4.42 Å². The highest BCUT2D eigenvalue weighted by atomic mass is 32.1. The van der Waals surface area contributed by atoms with Crippen molar-refractivity contribution in [3.8, 4) is 45.3 Å². The van der Waals surface area contributed by atoms with Crippen molar-refractivity contribution >= 4 is 85.0 Å². The highest BCUT2D eigenvalue weighted by molar-refractivity contribution is 7.27. The molecule has 0 N–H and O–H groups in total. The fourth-order valence-corrected chi connectivity index (χ4v) is 9.26. The number of hydrogen-bond acceptors (Lipinski definition) is 6. The van der Waals surface area contributed by atoms with Crippen molar-refractivity contribution < 1.29 is 12.6 Å². The number of aromatic nitrogens is 3. The molecule has 4 nitrogen and oxygen atoms in total. The molecule has 11 rings (SSSR count). The van der Waals surface area contributed by atoms with Crippen LogP contribution in [0.4, 0.5) is 0 Å². The third-order valence-electron chi connectivity index (χ3n) is 9.27. The second-order valence-electron chi connectivity index (χ2n) is 12.2. The summed E-state index contributed by atoms with van der Waals surface area (Å²) in [5.41, 5.74) is 3.91. The molecule has 0 fully saturated rings. The summed E-state index contributed by atoms with van der Waals surface area (Å²) < 4.78 is 65.1. The Labute approximate surface area is 308 Å². The van der Waals surface area contributed by atoms with Gasteiger partial charge in [0.2, 0.25) is 0 Å². The maximum atomic E-state index is 9.69. The van der Waals surface area contributed by atoms with Crippen LogP contribution < -0.4 is 0 Å². The van der Waals surface area contributed by atoms with Crippen LogP contribution in [0.15, 0.2) is 156 Å². The van der Waals surface area contributed by atoms with E-state index in [0.717, 1.165) is 42.1 Å². The number of para-hydroxylation sites is 2. The molecule has 0 aliphatic carbocycles. The standard InChI is InChI=1S/C45H25N3OS2/c1-2-11-26(12-3-1)43-46-44(48-45(47-43)36-20-8-15-31-28-13-4-6-21-37(28)49-40(31)36)27-23-24-30-33-17-10-19-35(42(33)51-39(30)25-27)34-18-9-16-32-29-14-5-7-22-38(29)50-41(32)34/h1-25H/i10D,17D,19D,23D,24D,25D. The Hall–Kier alpha value is -6.21. The van der Waals surface area contributed by atoms with E-state index in [-0.39, 0.29) is 58.9 Å². The maximum absolute atomic E-state index is 9.69. The molecule has 238 valence electrons. The van der Waals surface area contributed by atoms with Crippen molar-refractivity contribution in [3.63, 3.8) is 0 Å². The molecular weight excluding hydrogens is 663 g/mol. The van der Waals surface area contributed by atoms with Gasteiger partial charge in [-0.25, -0.2) is 15.0 Å². The summed E-state index contributed by atoms with van der Waals surface area (Å²) in [5, 5.41) is 4.49. The van der Waals surface area contributed by atoms with Gasteiger partial charge in [-0.1, -0.05) is 127 Å². The normalized spacial score (nSPS) is 13.6. The summed E-state index contributed by atoms with van der Waals surface area (Å²) in [4.78, 5) is 14.7. The molecule has 6 heteroatoms. The second-order valence-corrected chi connectivity index (χ2v) is 14.3. The number of furan rings is 1. The van der Waals surface area contributed by atoms with Crippen molar-refractivity contribution in [2.45, 2.75) is 0 Å². The first-order valence-corrected chi connectivity index (χ1v) is 18.0. The minimum Gasteiger partial charge on any atom is -0.455 e. The molecule has 51 heavy (non-hydrogen) atoms. The van der Waals surface area contributed by atoms with Crippen molar-refractivity contribution in [3.05, 3.63) is 152 Å². The Morgan fingerprint density at radius 3 is 2.04 bits per heavy atom. The molecule has 0 bridgehead atoms. The van der Waals surface area contributed by atoms with Crippen molar-refractivity contribution in [2.75, 3.05) is 0 Å². The molecule has 7 aromatic carbocycles. The van der Waals surface area contributed by atoms with Gasteiger partial charge in [-0.3, -0.25) is 0 Å². The first-order valence-electron chi connectivity index (χ1n) is 19.4. The lowest BCUT2D eigenvalue weighted by molar-refractivity contribution is 0.669. The van der Waals surface area contributed by atoms with Gasteiger partial charge >= 0.3 is 0 Å². The largest absolute Gasteiger partial charge is 0.455 e. The fraction of sp³-hybridized carbons (Fsp3) is 0. The van der Waals surface area contributed by atoms with Crippen LogP contribution in [0.25, 0.3) is 108 Å². The number of benzene rings is 7. The topological polar surface area (TPSA) is 51.8 Å². The number of hydrogen-bond donors (Lipinski definition) is 0. The second kappa shape index (κ2) is 11.2. The third-order valence-corrected chi connectivity index (χ3v) is 11.6. The zero-order chi connectivity index (χ0) is 38.7. The van der Waals surface area contributed by atoms with Crippen LogP contribution in [0.5, 0.6) is 0 Å². The van der Waals surface area contributed by atoms with E-state index in [2.05, 4.69) is 12.1 Å². The lowest BCUT2D eigenvalue weighted by atomic mass is 10.0. The van der Waals surface area contributed by atoms with Crippen LogP contribution >= 0.6 is 22.7 Å². The van der Waals surface area contributed by atoms with Crippen molar-refractivity contribution in [2.24, 2.45) is 0 Å². The number of nitrogens with zero attached hydrogens (tertiary/aromatic N) is 3. The van der Waals surface area contributed by atoms with Gasteiger partial charge in [-0.15, -0.1) is 22.7 Å². The molecule has 0 spiro atoms. The quantitative estimate of drug-likeness (QED) is 0.184. The Balaban J connectivity index is 1.20. The summed E-state index contributed by atoms with van der Waals surface area (Å²) >= 11 is 2.81. The molecule has 0 aliphatic rings. The van der Waals surface area contributed by atoms with Crippen LogP contribution in [0.2, 0.25) is 0 Å². The molecule has 0 saturated carbocycles. The Bertz CT molecular complexity index is 3510. The number of rotatable bonds is 4. The monoisotopic (exact) mass is 693 g/mol. The van der Waals surface area contributed by atoms with E-state index < -0.39 is 0 Å². The van der Waals surface area contributed by atoms with Gasteiger partial charge in [0.1, 0.15) is 11.2 Å². The molecular formula is C45H25N3OS2. The molecule has 0 amide bonds. The van der Waals surface area contributed by atoms with E-state index in [0.29, 0.717) is 42.9 Å². The van der Waals surface area contributed by atoms with E-state index in [1.165, 1.54) is 11.3 Å². The molecule has 0 radical (unpaired) electrons. The molecule has 0 atom stereocenters. The molecule has 4 heterocycles. The molecule has 0 aliphatic heterocycles. The van der Waals surface area contributed by atoms with Gasteiger partial charge in [0, 0.05) is 73.4 Å². The molecule has 0 unspecified atom stereocenters. The van der Waals surface area contributed by atoms with E-state index in [1.807, 2.05) is 103 Å². The Morgan fingerprint density at radius 2 is 1.14 bits per heavy atom. The average molecular weight is 694 g/mol. The summed E-state index contributed by atoms with van der Waals surface area (Å²) in [6, 6.07) is 35.9. The molecule has 4 aromatic heterocycles. The molecule has 11 aromatic rings. The lowest BCUT2D eigenvalue weighted by Gasteiger charge is -2.09. The fourth-order valence-electron chi connectivity index (χ4n) is 6.91. The van der Waals surface area contributed by atoms with E-state index in [4.69, 9.17) is 22.1 Å². The van der Waals surface area contributed by atoms with E-state index >= 15 is 0 Å². The smallest absolute Gasteiger partial charge is 0.167 e. The number of fused-ring (bicyclic) bond motifs is 9. The van der Waals surface area contributed by atoms with Crippen molar-refractivity contribution in [1.29, 1.82) is 0 Å². The first-order chi connectivity index (χ1) is 27.8. The van der Waals surface area contributed by atoms with Crippen LogP contribution in [-0.4, -0.2) is 15.0 Å². The van der Waals surface area contributed by atoms with E-state index in [1.54, 1.807) is 11.3 Å². The summed E-state index contributed by atoms with van der Waals surface area (Å²) in [5.74, 6) is 0.670. The van der Waals surface area contributed by atoms with Crippen LogP contribution in [0.1, 0.15) is 8.22 Å². The van der Waals surface area contributed by atoms with Gasteiger partial charge in [0.05, 0.1) is 13.8 Å². The zero-order valence-corrected chi connectivity index (χ0v) is 28.2. The highest BCUT2D eigenvalue weighted by Gasteiger charge is 2.19. The van der Waals surface area contributed by atoms with Gasteiger partial charge in [-0.05, 0) is 24.2 Å². The zero-order valence-electron chi connectivity index (χ0n) is 32.5. The Kier molecular flexibility index (Phi) is 5.08. The van der Waals surface area contributed by atoms with Crippen molar-refractivity contribution in [1.82, 2.24) is 15.0 Å². The minimum atomic E-state index is -0.278. The highest BCUT2D eigenvalue weighted by Crippen LogP contribution is 2.46.